The first-order chi connectivity index (χ1) is 23.1. The van der Waals surface area contributed by atoms with Gasteiger partial charge in [0, 0.05) is 26.0 Å². The van der Waals surface area contributed by atoms with Crippen LogP contribution in [0.1, 0.15) is 45.7 Å². The molecule has 0 atom stereocenters. The smallest absolute Gasteiger partial charge is 0.347 e. The lowest BCUT2D eigenvalue weighted by Crippen LogP contribution is -2.12. The average Bonchev–Trinajstić information content (AvgIpc) is 3.06. The summed E-state index contributed by atoms with van der Waals surface area (Å²) in [6, 6.07) is 24.7. The molecular formula is C36H28O12. The van der Waals surface area contributed by atoms with Gasteiger partial charge in [-0.2, -0.15) is 0 Å². The number of carbonyl (C=O) groups excluding carboxylic acids is 6. The van der Waals surface area contributed by atoms with Crippen molar-refractivity contribution in [2.75, 3.05) is 0 Å². The Hall–Kier alpha value is -6.56. The number of hydrogen-bond acceptors (Lipinski definition) is 12. The zero-order valence-corrected chi connectivity index (χ0v) is 25.7. The molecule has 0 heterocycles. The topological polar surface area (TPSA) is 158 Å². The lowest BCUT2D eigenvalue weighted by Gasteiger charge is -2.09. The molecule has 4 rings (SSSR count). The molecule has 0 saturated heterocycles. The molecule has 12 nitrogen and oxygen atoms in total. The van der Waals surface area contributed by atoms with E-state index in [0.717, 1.165) is 12.2 Å². The van der Waals surface area contributed by atoms with E-state index in [9.17, 15) is 28.8 Å². The van der Waals surface area contributed by atoms with Crippen LogP contribution in [0.5, 0.6) is 23.0 Å². The number of hydrogen-bond donors (Lipinski definition) is 0. The van der Waals surface area contributed by atoms with Crippen LogP contribution < -0.4 is 18.9 Å². The van der Waals surface area contributed by atoms with E-state index in [4.69, 9.17) is 28.4 Å². The summed E-state index contributed by atoms with van der Waals surface area (Å²) in [4.78, 5) is 71.8. The molecule has 0 amide bonds. The van der Waals surface area contributed by atoms with Crippen LogP contribution in [0.15, 0.2) is 109 Å². The summed E-state index contributed by atoms with van der Waals surface area (Å²) in [7, 11) is 0. The summed E-state index contributed by atoms with van der Waals surface area (Å²) >= 11 is 0. The number of carbonyl (C=O) groups is 6. The van der Waals surface area contributed by atoms with E-state index in [1.54, 1.807) is 48.5 Å². The zero-order chi connectivity index (χ0) is 34.5. The molecule has 0 aliphatic rings. The Kier molecular flexibility index (Phi) is 11.9. The predicted molar refractivity (Wildman–Crippen MR) is 167 cm³/mol. The van der Waals surface area contributed by atoms with Gasteiger partial charge in [-0.15, -0.1) is 0 Å². The van der Waals surface area contributed by atoms with Crippen LogP contribution in [0, 0.1) is 0 Å². The van der Waals surface area contributed by atoms with Gasteiger partial charge >= 0.3 is 35.8 Å². The molecule has 0 saturated carbocycles. The Balaban J connectivity index is 1.19. The highest BCUT2D eigenvalue weighted by Crippen LogP contribution is 2.23. The van der Waals surface area contributed by atoms with Crippen LogP contribution in [0.3, 0.4) is 0 Å². The second kappa shape index (κ2) is 16.7. The maximum Gasteiger partial charge on any atom is 0.347 e. The van der Waals surface area contributed by atoms with Gasteiger partial charge in [0.2, 0.25) is 0 Å². The van der Waals surface area contributed by atoms with Gasteiger partial charge in [0.25, 0.3) is 0 Å². The van der Waals surface area contributed by atoms with Gasteiger partial charge < -0.3 is 28.4 Å². The fourth-order valence-corrected chi connectivity index (χ4v) is 3.93. The van der Waals surface area contributed by atoms with Crippen molar-refractivity contribution in [3.63, 3.8) is 0 Å². The van der Waals surface area contributed by atoms with E-state index in [1.807, 2.05) is 0 Å². The summed E-state index contributed by atoms with van der Waals surface area (Å²) in [5, 5.41) is 0. The molecule has 0 bridgehead atoms. The minimum absolute atomic E-state index is 0.0761. The first-order valence-corrected chi connectivity index (χ1v) is 14.3. The summed E-state index contributed by atoms with van der Waals surface area (Å²) in [6.45, 7) is 2.21. The lowest BCUT2D eigenvalue weighted by molar-refractivity contribution is -0.141. The van der Waals surface area contributed by atoms with Crippen molar-refractivity contribution in [1.29, 1.82) is 0 Å². The fourth-order valence-electron chi connectivity index (χ4n) is 3.93. The standard InChI is InChI=1S/C36H28O12/c1-23(37)45-31-9-5-3-7-29(31)35(41)47-27-15-11-25(12-16-27)21-43-33(39)19-20-34(40)44-22-26-13-17-28(18-14-26)48-36(42)30-8-4-6-10-32(30)46-24(2)38/h3-20H,21-22H2,1-2H3/b20-19+. The van der Waals surface area contributed by atoms with E-state index >= 15 is 0 Å². The van der Waals surface area contributed by atoms with Crippen molar-refractivity contribution in [2.45, 2.75) is 27.1 Å². The molecule has 0 N–H and O–H groups in total. The Labute approximate surface area is 274 Å². The third-order valence-electron chi connectivity index (χ3n) is 6.11. The molecule has 4 aromatic rings. The van der Waals surface area contributed by atoms with Crippen molar-refractivity contribution >= 4 is 35.8 Å². The van der Waals surface area contributed by atoms with Crippen molar-refractivity contribution in [3.8, 4) is 23.0 Å². The molecule has 0 aliphatic carbocycles. The number of para-hydroxylation sites is 2. The molecule has 0 spiro atoms. The Morgan fingerprint density at radius 2 is 0.833 bits per heavy atom. The van der Waals surface area contributed by atoms with Gasteiger partial charge in [0.1, 0.15) is 47.3 Å². The van der Waals surface area contributed by atoms with Gasteiger partial charge in [-0.1, -0.05) is 48.5 Å². The zero-order valence-electron chi connectivity index (χ0n) is 25.7. The van der Waals surface area contributed by atoms with Crippen LogP contribution in [-0.4, -0.2) is 35.8 Å². The van der Waals surface area contributed by atoms with Crippen molar-refractivity contribution in [1.82, 2.24) is 0 Å². The maximum atomic E-state index is 12.5. The second-order valence-electron chi connectivity index (χ2n) is 9.80. The molecule has 48 heavy (non-hydrogen) atoms. The van der Waals surface area contributed by atoms with Crippen molar-refractivity contribution in [3.05, 3.63) is 131 Å². The molecule has 0 fully saturated rings. The largest absolute Gasteiger partial charge is 0.458 e. The summed E-state index contributed by atoms with van der Waals surface area (Å²) < 4.78 is 31.0. The van der Waals surface area contributed by atoms with Crippen LogP contribution >= 0.6 is 0 Å². The third-order valence-corrected chi connectivity index (χ3v) is 6.11. The average molecular weight is 653 g/mol. The first-order valence-electron chi connectivity index (χ1n) is 14.3. The Bertz CT molecular complexity index is 1700. The summed E-state index contributed by atoms with van der Waals surface area (Å²) in [6.07, 6.45) is 1.85. The van der Waals surface area contributed by atoms with Gasteiger partial charge in [0.15, 0.2) is 0 Å². The van der Waals surface area contributed by atoms with E-state index in [2.05, 4.69) is 0 Å². The highest BCUT2D eigenvalue weighted by atomic mass is 16.6. The number of ether oxygens (including phenoxy) is 6. The van der Waals surface area contributed by atoms with Crippen LogP contribution in [0.25, 0.3) is 0 Å². The summed E-state index contributed by atoms with van der Waals surface area (Å²) in [5.74, 6) is -3.58. The number of esters is 6. The van der Waals surface area contributed by atoms with Crippen molar-refractivity contribution < 1.29 is 57.2 Å². The van der Waals surface area contributed by atoms with Gasteiger partial charge in [0.05, 0.1) is 0 Å². The normalized spacial score (nSPS) is 10.5. The maximum absolute atomic E-state index is 12.5. The highest BCUT2D eigenvalue weighted by molar-refractivity contribution is 5.95. The van der Waals surface area contributed by atoms with E-state index < -0.39 is 35.8 Å². The predicted octanol–water partition coefficient (Wildman–Crippen LogP) is 5.32. The first kappa shape index (κ1) is 34.3. The van der Waals surface area contributed by atoms with Crippen molar-refractivity contribution in [2.24, 2.45) is 0 Å². The van der Waals surface area contributed by atoms with Gasteiger partial charge in [-0.3, -0.25) is 9.59 Å². The van der Waals surface area contributed by atoms with E-state index in [0.29, 0.717) is 11.1 Å². The Morgan fingerprint density at radius 3 is 1.19 bits per heavy atom. The highest BCUT2D eigenvalue weighted by Gasteiger charge is 2.17. The Morgan fingerprint density at radius 1 is 0.479 bits per heavy atom. The molecule has 0 radical (unpaired) electrons. The second-order valence-corrected chi connectivity index (χ2v) is 9.80. The quantitative estimate of drug-likeness (QED) is 0.110. The SMILES string of the molecule is CC(=O)Oc1ccccc1C(=O)Oc1ccc(COC(=O)/C=C/C(=O)OCc2ccc(OC(=O)c3ccccc3OC(C)=O)cc2)cc1. The van der Waals surface area contributed by atoms with Gasteiger partial charge in [-0.05, 0) is 59.7 Å². The third kappa shape index (κ3) is 10.5. The minimum atomic E-state index is -0.786. The lowest BCUT2D eigenvalue weighted by atomic mass is 10.2. The minimum Gasteiger partial charge on any atom is -0.458 e. The molecule has 12 heteroatoms. The van der Waals surface area contributed by atoms with E-state index in [1.165, 1.54) is 62.4 Å². The molecule has 0 unspecified atom stereocenters. The number of benzene rings is 4. The monoisotopic (exact) mass is 652 g/mol. The van der Waals surface area contributed by atoms with Gasteiger partial charge in [-0.25, -0.2) is 19.2 Å². The van der Waals surface area contributed by atoms with Crippen LogP contribution in [0.2, 0.25) is 0 Å². The molecule has 4 aromatic carbocycles. The molecule has 244 valence electrons. The molecule has 0 aliphatic heterocycles. The van der Waals surface area contributed by atoms with Crippen LogP contribution in [0.4, 0.5) is 0 Å². The molecular weight excluding hydrogens is 624 g/mol. The summed E-state index contributed by atoms with van der Waals surface area (Å²) in [5.41, 5.74) is 1.33. The van der Waals surface area contributed by atoms with Crippen LogP contribution in [-0.2, 0) is 41.9 Å². The fraction of sp³-hybridized carbons (Fsp3) is 0.111. The molecule has 0 aromatic heterocycles. The van der Waals surface area contributed by atoms with E-state index in [-0.39, 0.29) is 47.3 Å². The number of rotatable bonds is 12.